The molecule has 2 N–H and O–H groups in total. The van der Waals surface area contributed by atoms with Crippen LogP contribution in [0.1, 0.15) is 6.92 Å². The third-order valence-electron chi connectivity index (χ3n) is 2.87. The lowest BCUT2D eigenvalue weighted by atomic mass is 10.3. The molecule has 2 amide bonds. The molecule has 24 heavy (non-hydrogen) atoms. The summed E-state index contributed by atoms with van der Waals surface area (Å²) in [5, 5.41) is 5.67. The number of hydrogen-bond acceptors (Lipinski definition) is 4. The van der Waals surface area contributed by atoms with Gasteiger partial charge >= 0.3 is 6.09 Å². The van der Waals surface area contributed by atoms with Crippen LogP contribution in [0.3, 0.4) is 0 Å². The third kappa shape index (κ3) is 5.48. The van der Waals surface area contributed by atoms with E-state index in [0.29, 0.717) is 22.1 Å². The first-order chi connectivity index (χ1) is 11.6. The molecule has 0 aromatic heterocycles. The average Bonchev–Trinajstić information content (AvgIpc) is 2.56. The van der Waals surface area contributed by atoms with Gasteiger partial charge in [-0.05, 0) is 31.2 Å². The summed E-state index contributed by atoms with van der Waals surface area (Å²) in [5.74, 6) is 0.102. The Labute approximate surface area is 144 Å². The lowest BCUT2D eigenvalue weighted by molar-refractivity contribution is -0.118. The van der Waals surface area contributed by atoms with Crippen molar-refractivity contribution in [1.29, 1.82) is 0 Å². The van der Waals surface area contributed by atoms with Crippen LogP contribution in [0.2, 0.25) is 5.02 Å². The summed E-state index contributed by atoms with van der Waals surface area (Å²) in [6, 6.07) is 13.6. The van der Waals surface area contributed by atoms with E-state index < -0.39 is 6.09 Å². The molecular weight excluding hydrogens is 332 g/mol. The van der Waals surface area contributed by atoms with E-state index >= 15 is 0 Å². The highest BCUT2D eigenvalue weighted by Crippen LogP contribution is 2.21. The fourth-order valence-electron chi connectivity index (χ4n) is 1.85. The maximum atomic E-state index is 11.9. The standard InChI is InChI=1S/C17H17ClN2O4/c1-2-23-17(22)19-12-6-5-7-13(10-12)24-11-16(21)20-15-9-4-3-8-14(15)18/h3-10H,2,11H2,1H3,(H,19,22)(H,20,21). The second kappa shape index (κ2) is 8.79. The number of anilines is 2. The highest BCUT2D eigenvalue weighted by molar-refractivity contribution is 6.33. The molecule has 0 aliphatic carbocycles. The van der Waals surface area contributed by atoms with Crippen molar-refractivity contribution in [1.82, 2.24) is 0 Å². The van der Waals surface area contributed by atoms with Gasteiger partial charge in [-0.25, -0.2) is 4.79 Å². The van der Waals surface area contributed by atoms with Crippen LogP contribution in [0, 0.1) is 0 Å². The van der Waals surface area contributed by atoms with Crippen molar-refractivity contribution in [3.05, 3.63) is 53.6 Å². The first kappa shape index (κ1) is 17.6. The highest BCUT2D eigenvalue weighted by Gasteiger charge is 2.07. The largest absolute Gasteiger partial charge is 0.484 e. The maximum absolute atomic E-state index is 11.9. The van der Waals surface area contributed by atoms with Crippen LogP contribution in [-0.4, -0.2) is 25.2 Å². The normalized spacial score (nSPS) is 9.92. The fourth-order valence-corrected chi connectivity index (χ4v) is 2.03. The Kier molecular flexibility index (Phi) is 6.45. The van der Waals surface area contributed by atoms with Gasteiger partial charge in [-0.3, -0.25) is 10.1 Å². The van der Waals surface area contributed by atoms with Crippen molar-refractivity contribution in [3.63, 3.8) is 0 Å². The number of carbonyl (C=O) groups excluding carboxylic acids is 2. The van der Waals surface area contributed by atoms with Crippen LogP contribution >= 0.6 is 11.6 Å². The molecule has 0 saturated carbocycles. The lowest BCUT2D eigenvalue weighted by Crippen LogP contribution is -2.20. The predicted octanol–water partition coefficient (Wildman–Crippen LogP) is 3.93. The topological polar surface area (TPSA) is 76.7 Å². The molecule has 7 heteroatoms. The molecular formula is C17H17ClN2O4. The predicted molar refractivity (Wildman–Crippen MR) is 92.7 cm³/mol. The molecule has 0 bridgehead atoms. The van der Waals surface area contributed by atoms with E-state index in [1.807, 2.05) is 0 Å². The average molecular weight is 349 g/mol. The summed E-state index contributed by atoms with van der Waals surface area (Å²) in [6.07, 6.45) is -0.550. The number of rotatable bonds is 6. The van der Waals surface area contributed by atoms with E-state index in [1.165, 1.54) is 0 Å². The van der Waals surface area contributed by atoms with Gasteiger partial charge in [0.25, 0.3) is 5.91 Å². The van der Waals surface area contributed by atoms with Crippen LogP contribution < -0.4 is 15.4 Å². The number of halogens is 1. The van der Waals surface area contributed by atoms with Crippen molar-refractivity contribution in [2.75, 3.05) is 23.8 Å². The number of para-hydroxylation sites is 1. The van der Waals surface area contributed by atoms with Gasteiger partial charge in [-0.1, -0.05) is 29.8 Å². The van der Waals surface area contributed by atoms with Gasteiger partial charge in [-0.2, -0.15) is 0 Å². The number of nitrogens with one attached hydrogen (secondary N) is 2. The molecule has 6 nitrogen and oxygen atoms in total. The zero-order valence-electron chi connectivity index (χ0n) is 13.0. The van der Waals surface area contributed by atoms with Crippen molar-refractivity contribution in [2.24, 2.45) is 0 Å². The summed E-state index contributed by atoms with van der Waals surface area (Å²) >= 11 is 5.97. The molecule has 0 radical (unpaired) electrons. The van der Waals surface area contributed by atoms with E-state index in [2.05, 4.69) is 10.6 Å². The SMILES string of the molecule is CCOC(=O)Nc1cccc(OCC(=O)Nc2ccccc2Cl)c1. The van der Waals surface area contributed by atoms with Crippen molar-refractivity contribution in [3.8, 4) is 5.75 Å². The molecule has 0 fully saturated rings. The molecule has 0 spiro atoms. The van der Waals surface area contributed by atoms with E-state index in [4.69, 9.17) is 21.1 Å². The summed E-state index contributed by atoms with van der Waals surface area (Å²) in [5.41, 5.74) is 1.03. The van der Waals surface area contributed by atoms with Crippen molar-refractivity contribution >= 4 is 35.0 Å². The van der Waals surface area contributed by atoms with E-state index in [9.17, 15) is 9.59 Å². The van der Waals surface area contributed by atoms with Crippen molar-refractivity contribution < 1.29 is 19.1 Å². The Morgan fingerprint density at radius 2 is 1.88 bits per heavy atom. The minimum atomic E-state index is -0.550. The molecule has 0 unspecified atom stereocenters. The van der Waals surface area contributed by atoms with Gasteiger partial charge in [0.2, 0.25) is 0 Å². The zero-order valence-corrected chi connectivity index (χ0v) is 13.8. The number of carbonyl (C=O) groups is 2. The fraction of sp³-hybridized carbons (Fsp3) is 0.176. The molecule has 0 aliphatic heterocycles. The molecule has 0 atom stereocenters. The van der Waals surface area contributed by atoms with Crippen LogP contribution in [-0.2, 0) is 9.53 Å². The van der Waals surface area contributed by atoms with Crippen molar-refractivity contribution in [2.45, 2.75) is 6.92 Å². The molecule has 0 saturated heterocycles. The van der Waals surface area contributed by atoms with E-state index in [-0.39, 0.29) is 19.1 Å². The lowest BCUT2D eigenvalue weighted by Gasteiger charge is -2.10. The summed E-state index contributed by atoms with van der Waals surface area (Å²) in [7, 11) is 0. The number of amides is 2. The van der Waals surface area contributed by atoms with E-state index in [1.54, 1.807) is 55.5 Å². The Morgan fingerprint density at radius 1 is 1.08 bits per heavy atom. The van der Waals surface area contributed by atoms with Gasteiger partial charge in [0.15, 0.2) is 6.61 Å². The number of benzene rings is 2. The molecule has 2 rings (SSSR count). The van der Waals surface area contributed by atoms with Gasteiger partial charge in [-0.15, -0.1) is 0 Å². The van der Waals surface area contributed by atoms with Gasteiger partial charge in [0.1, 0.15) is 5.75 Å². The first-order valence-electron chi connectivity index (χ1n) is 7.29. The first-order valence-corrected chi connectivity index (χ1v) is 7.67. The van der Waals surface area contributed by atoms with Crippen LogP contribution in [0.5, 0.6) is 5.75 Å². The Bertz CT molecular complexity index is 721. The smallest absolute Gasteiger partial charge is 0.411 e. The third-order valence-corrected chi connectivity index (χ3v) is 3.20. The minimum Gasteiger partial charge on any atom is -0.484 e. The molecule has 2 aromatic carbocycles. The Morgan fingerprint density at radius 3 is 2.62 bits per heavy atom. The number of ether oxygens (including phenoxy) is 2. The number of hydrogen-bond donors (Lipinski definition) is 2. The van der Waals surface area contributed by atoms with Gasteiger partial charge < -0.3 is 14.8 Å². The van der Waals surface area contributed by atoms with Crippen LogP contribution in [0.15, 0.2) is 48.5 Å². The molecule has 0 heterocycles. The van der Waals surface area contributed by atoms with Gasteiger partial charge in [0, 0.05) is 11.8 Å². The molecule has 126 valence electrons. The molecule has 0 aliphatic rings. The highest BCUT2D eigenvalue weighted by atomic mass is 35.5. The minimum absolute atomic E-state index is 0.186. The monoisotopic (exact) mass is 348 g/mol. The summed E-state index contributed by atoms with van der Waals surface area (Å²) in [6.45, 7) is 1.81. The van der Waals surface area contributed by atoms with Crippen LogP contribution in [0.4, 0.5) is 16.2 Å². The Hall–Kier alpha value is -2.73. The second-order valence-electron chi connectivity index (χ2n) is 4.69. The van der Waals surface area contributed by atoms with Crippen LogP contribution in [0.25, 0.3) is 0 Å². The quantitative estimate of drug-likeness (QED) is 0.829. The second-order valence-corrected chi connectivity index (χ2v) is 5.10. The summed E-state index contributed by atoms with van der Waals surface area (Å²) in [4.78, 5) is 23.3. The summed E-state index contributed by atoms with van der Waals surface area (Å²) < 4.78 is 10.2. The Balaban J connectivity index is 1.88. The molecule has 2 aromatic rings. The zero-order chi connectivity index (χ0) is 17.4. The van der Waals surface area contributed by atoms with E-state index in [0.717, 1.165) is 0 Å². The maximum Gasteiger partial charge on any atom is 0.411 e. The van der Waals surface area contributed by atoms with Gasteiger partial charge in [0.05, 0.1) is 17.3 Å².